The maximum absolute atomic E-state index is 12.3. The van der Waals surface area contributed by atoms with Gasteiger partial charge in [-0.2, -0.15) is 11.8 Å². The van der Waals surface area contributed by atoms with Gasteiger partial charge in [0.05, 0.1) is 23.0 Å². The van der Waals surface area contributed by atoms with Gasteiger partial charge in [0.25, 0.3) is 5.22 Å². The zero-order chi connectivity index (χ0) is 16.2. The normalized spacial score (nSPS) is 20.2. The number of hydrogen-bond donors (Lipinski definition) is 0. The molecule has 1 unspecified atom stereocenters. The summed E-state index contributed by atoms with van der Waals surface area (Å²) in [6, 6.07) is -0.210. The molecule has 1 aromatic rings. The third-order valence-corrected chi connectivity index (χ3v) is 6.43. The van der Waals surface area contributed by atoms with Crippen molar-refractivity contribution >= 4 is 39.3 Å². The van der Waals surface area contributed by atoms with Crippen molar-refractivity contribution in [1.82, 2.24) is 15.1 Å². The highest BCUT2D eigenvalue weighted by Crippen LogP contribution is 2.22. The Morgan fingerprint density at radius 3 is 2.82 bits per heavy atom. The van der Waals surface area contributed by atoms with Crippen molar-refractivity contribution in [2.24, 2.45) is 0 Å². The van der Waals surface area contributed by atoms with E-state index in [-0.39, 0.29) is 29.2 Å². The molecule has 1 aliphatic rings. The maximum atomic E-state index is 12.3. The Kier molecular flexibility index (Phi) is 6.16. The summed E-state index contributed by atoms with van der Waals surface area (Å²) in [6.07, 6.45) is 2.46. The number of carbonyl (C=O) groups is 1. The Labute approximate surface area is 138 Å². The summed E-state index contributed by atoms with van der Waals surface area (Å²) in [4.78, 5) is 13.9. The number of thioether (sulfide) groups is 2. The SMILES string of the molecule is CCN(C(=O)CSc1nnc(CSC)o1)C1CCS(=O)(=O)C1. The van der Waals surface area contributed by atoms with Gasteiger partial charge in [-0.3, -0.25) is 4.79 Å². The van der Waals surface area contributed by atoms with E-state index in [1.807, 2.05) is 13.2 Å². The van der Waals surface area contributed by atoms with Gasteiger partial charge < -0.3 is 9.32 Å². The summed E-state index contributed by atoms with van der Waals surface area (Å²) in [5, 5.41) is 8.13. The second-order valence-electron chi connectivity index (χ2n) is 4.92. The molecule has 0 saturated carbocycles. The van der Waals surface area contributed by atoms with Crippen LogP contribution in [0.2, 0.25) is 0 Å². The molecule has 124 valence electrons. The fourth-order valence-electron chi connectivity index (χ4n) is 2.34. The average Bonchev–Trinajstić information content (AvgIpc) is 3.04. The highest BCUT2D eigenvalue weighted by molar-refractivity contribution is 7.99. The lowest BCUT2D eigenvalue weighted by atomic mass is 10.2. The Bertz CT molecular complexity index is 617. The average molecular weight is 366 g/mol. The van der Waals surface area contributed by atoms with E-state index >= 15 is 0 Å². The quantitative estimate of drug-likeness (QED) is 0.662. The van der Waals surface area contributed by atoms with Crippen LogP contribution in [0.25, 0.3) is 0 Å². The molecule has 0 spiro atoms. The Morgan fingerprint density at radius 2 is 2.23 bits per heavy atom. The molecule has 2 heterocycles. The second-order valence-corrected chi connectivity index (χ2v) is 8.94. The van der Waals surface area contributed by atoms with Crippen molar-refractivity contribution in [1.29, 1.82) is 0 Å². The Balaban J connectivity index is 1.89. The molecule has 7 nitrogen and oxygen atoms in total. The highest BCUT2D eigenvalue weighted by atomic mass is 32.2. The molecule has 1 aliphatic heterocycles. The summed E-state index contributed by atoms with van der Waals surface area (Å²) in [7, 11) is -3.00. The van der Waals surface area contributed by atoms with Gasteiger partial charge in [-0.05, 0) is 19.6 Å². The standard InChI is InChI=1S/C12H19N3O4S3/c1-3-15(9-4-5-22(17,18)8-9)11(16)7-21-12-14-13-10(19-12)6-20-2/h9H,3-8H2,1-2H3. The number of aromatic nitrogens is 2. The minimum absolute atomic E-state index is 0.0652. The minimum Gasteiger partial charge on any atom is -0.415 e. The molecule has 0 N–H and O–H groups in total. The first-order valence-electron chi connectivity index (χ1n) is 6.89. The molecule has 0 bridgehead atoms. The summed E-state index contributed by atoms with van der Waals surface area (Å²) < 4.78 is 28.5. The lowest BCUT2D eigenvalue weighted by Gasteiger charge is -2.26. The van der Waals surface area contributed by atoms with E-state index in [0.717, 1.165) is 0 Å². The number of rotatable bonds is 7. The molecule has 0 radical (unpaired) electrons. The Morgan fingerprint density at radius 1 is 1.45 bits per heavy atom. The van der Waals surface area contributed by atoms with E-state index in [1.54, 1.807) is 16.7 Å². The molecule has 1 atom stereocenters. The van der Waals surface area contributed by atoms with Crippen molar-refractivity contribution in [2.75, 3.05) is 30.1 Å². The van der Waals surface area contributed by atoms with Crippen LogP contribution in [-0.4, -0.2) is 65.5 Å². The third kappa shape index (κ3) is 4.63. The number of carbonyl (C=O) groups excluding carboxylic acids is 1. The van der Waals surface area contributed by atoms with Crippen LogP contribution < -0.4 is 0 Å². The lowest BCUT2D eigenvalue weighted by Crippen LogP contribution is -2.41. The molecule has 1 fully saturated rings. The predicted molar refractivity (Wildman–Crippen MR) is 86.7 cm³/mol. The van der Waals surface area contributed by atoms with E-state index in [4.69, 9.17) is 4.42 Å². The van der Waals surface area contributed by atoms with E-state index in [1.165, 1.54) is 11.8 Å². The van der Waals surface area contributed by atoms with Crippen LogP contribution in [0.4, 0.5) is 0 Å². The van der Waals surface area contributed by atoms with Crippen LogP contribution in [0.15, 0.2) is 9.64 Å². The van der Waals surface area contributed by atoms with E-state index in [9.17, 15) is 13.2 Å². The predicted octanol–water partition coefficient (Wildman–Crippen LogP) is 1.06. The van der Waals surface area contributed by atoms with E-state index < -0.39 is 9.84 Å². The maximum Gasteiger partial charge on any atom is 0.277 e. The molecular weight excluding hydrogens is 346 g/mol. The first-order chi connectivity index (χ1) is 10.4. The van der Waals surface area contributed by atoms with E-state index in [2.05, 4.69) is 10.2 Å². The zero-order valence-electron chi connectivity index (χ0n) is 12.5. The Hall–Kier alpha value is -0.740. The van der Waals surface area contributed by atoms with Gasteiger partial charge in [-0.15, -0.1) is 10.2 Å². The van der Waals surface area contributed by atoms with Gasteiger partial charge in [0, 0.05) is 12.6 Å². The summed E-state index contributed by atoms with van der Waals surface area (Å²) in [5.74, 6) is 1.48. The highest BCUT2D eigenvalue weighted by Gasteiger charge is 2.33. The third-order valence-electron chi connectivity index (χ3n) is 3.35. The smallest absolute Gasteiger partial charge is 0.277 e. The fraction of sp³-hybridized carbons (Fsp3) is 0.750. The summed E-state index contributed by atoms with van der Waals surface area (Å²) >= 11 is 2.77. The van der Waals surface area contributed by atoms with Gasteiger partial charge in [0.15, 0.2) is 9.84 Å². The van der Waals surface area contributed by atoms with Crippen LogP contribution >= 0.6 is 23.5 Å². The van der Waals surface area contributed by atoms with Crippen LogP contribution in [0.5, 0.6) is 0 Å². The fourth-order valence-corrected chi connectivity index (χ4v) is 5.10. The first kappa shape index (κ1) is 17.6. The zero-order valence-corrected chi connectivity index (χ0v) is 15.0. The van der Waals surface area contributed by atoms with Crippen LogP contribution in [-0.2, 0) is 20.4 Å². The molecule has 1 saturated heterocycles. The minimum atomic E-state index is -3.00. The van der Waals surface area contributed by atoms with Crippen molar-refractivity contribution in [3.63, 3.8) is 0 Å². The monoisotopic (exact) mass is 365 g/mol. The van der Waals surface area contributed by atoms with Gasteiger partial charge >= 0.3 is 0 Å². The molecule has 2 rings (SSSR count). The molecule has 1 amide bonds. The topological polar surface area (TPSA) is 93.4 Å². The van der Waals surface area contributed by atoms with Crippen LogP contribution in [0.3, 0.4) is 0 Å². The van der Waals surface area contributed by atoms with Crippen molar-refractivity contribution < 1.29 is 17.6 Å². The number of nitrogens with zero attached hydrogens (tertiary/aromatic N) is 3. The first-order valence-corrected chi connectivity index (χ1v) is 11.1. The summed E-state index contributed by atoms with van der Waals surface area (Å²) in [6.45, 7) is 2.36. The van der Waals surface area contributed by atoms with Gasteiger partial charge in [-0.1, -0.05) is 11.8 Å². The molecule has 0 aromatic carbocycles. The van der Waals surface area contributed by atoms with Crippen molar-refractivity contribution in [3.8, 4) is 0 Å². The molecule has 0 aliphatic carbocycles. The molecule has 10 heteroatoms. The van der Waals surface area contributed by atoms with E-state index in [0.29, 0.717) is 29.8 Å². The molecular formula is C12H19N3O4S3. The number of hydrogen-bond acceptors (Lipinski definition) is 8. The van der Waals surface area contributed by atoms with Gasteiger partial charge in [-0.25, -0.2) is 8.42 Å². The largest absolute Gasteiger partial charge is 0.415 e. The van der Waals surface area contributed by atoms with Gasteiger partial charge in [0.2, 0.25) is 11.8 Å². The summed E-state index contributed by atoms with van der Waals surface area (Å²) in [5.41, 5.74) is 0. The number of sulfone groups is 1. The lowest BCUT2D eigenvalue weighted by molar-refractivity contribution is -0.129. The van der Waals surface area contributed by atoms with Crippen LogP contribution in [0, 0.1) is 0 Å². The molecule has 22 heavy (non-hydrogen) atoms. The number of amides is 1. The van der Waals surface area contributed by atoms with Crippen molar-refractivity contribution in [3.05, 3.63) is 5.89 Å². The van der Waals surface area contributed by atoms with Crippen molar-refractivity contribution in [2.45, 2.75) is 30.4 Å². The molecule has 1 aromatic heterocycles. The second kappa shape index (κ2) is 7.69. The van der Waals surface area contributed by atoms with Crippen LogP contribution in [0.1, 0.15) is 19.2 Å². The van der Waals surface area contributed by atoms with Gasteiger partial charge in [0.1, 0.15) is 0 Å².